The molecular weight excluding hydrogens is 312 g/mol. The van der Waals surface area contributed by atoms with Crippen LogP contribution in [0.4, 0.5) is 0 Å². The fourth-order valence-corrected chi connectivity index (χ4v) is 3.20. The Balaban J connectivity index is 1.57. The predicted octanol–water partition coefficient (Wildman–Crippen LogP) is 2.83. The van der Waals surface area contributed by atoms with Gasteiger partial charge >= 0.3 is 0 Å². The Morgan fingerprint density at radius 3 is 2.24 bits per heavy atom. The van der Waals surface area contributed by atoms with E-state index in [0.717, 1.165) is 22.3 Å². The molecule has 1 heterocycles. The van der Waals surface area contributed by atoms with Crippen molar-refractivity contribution >= 4 is 11.8 Å². The van der Waals surface area contributed by atoms with Gasteiger partial charge in [0.25, 0.3) is 5.91 Å². The highest BCUT2D eigenvalue weighted by Crippen LogP contribution is 2.13. The van der Waals surface area contributed by atoms with E-state index in [2.05, 4.69) is 0 Å². The second kappa shape index (κ2) is 7.51. The third-order valence-electron chi connectivity index (χ3n) is 4.79. The molecular formula is C21H24N2O2. The average molecular weight is 336 g/mol. The molecule has 130 valence electrons. The van der Waals surface area contributed by atoms with Gasteiger partial charge in [0, 0.05) is 31.7 Å². The summed E-state index contributed by atoms with van der Waals surface area (Å²) >= 11 is 0. The molecule has 0 radical (unpaired) electrons. The summed E-state index contributed by atoms with van der Waals surface area (Å²) in [6.45, 7) is 6.39. The Morgan fingerprint density at radius 1 is 0.880 bits per heavy atom. The summed E-state index contributed by atoms with van der Waals surface area (Å²) in [4.78, 5) is 28.8. The van der Waals surface area contributed by atoms with Gasteiger partial charge in [-0.3, -0.25) is 9.59 Å². The Kier molecular flexibility index (Phi) is 5.17. The van der Waals surface area contributed by atoms with Crippen LogP contribution >= 0.6 is 0 Å². The van der Waals surface area contributed by atoms with Gasteiger partial charge in [0.05, 0.1) is 6.42 Å². The first-order valence-corrected chi connectivity index (χ1v) is 8.73. The summed E-state index contributed by atoms with van der Waals surface area (Å²) in [5, 5.41) is 0. The number of carbonyl (C=O) groups excluding carboxylic acids is 2. The Bertz CT molecular complexity index is 777. The van der Waals surface area contributed by atoms with E-state index in [0.29, 0.717) is 32.6 Å². The van der Waals surface area contributed by atoms with Crippen LogP contribution in [0, 0.1) is 13.8 Å². The van der Waals surface area contributed by atoms with Crippen molar-refractivity contribution in [1.82, 2.24) is 9.80 Å². The van der Waals surface area contributed by atoms with E-state index in [-0.39, 0.29) is 11.8 Å². The molecule has 3 rings (SSSR count). The van der Waals surface area contributed by atoms with Crippen molar-refractivity contribution in [2.75, 3.05) is 26.2 Å². The number of hydrogen-bond acceptors (Lipinski definition) is 2. The first kappa shape index (κ1) is 17.2. The predicted molar refractivity (Wildman–Crippen MR) is 98.5 cm³/mol. The first-order chi connectivity index (χ1) is 12.0. The molecule has 1 aliphatic heterocycles. The molecule has 0 bridgehead atoms. The lowest BCUT2D eigenvalue weighted by Crippen LogP contribution is -2.51. The molecule has 0 aromatic heterocycles. The van der Waals surface area contributed by atoms with Gasteiger partial charge < -0.3 is 9.80 Å². The third kappa shape index (κ3) is 4.08. The van der Waals surface area contributed by atoms with Gasteiger partial charge in [0.2, 0.25) is 5.91 Å². The lowest BCUT2D eigenvalue weighted by atomic mass is 10.0. The maximum Gasteiger partial charge on any atom is 0.253 e. The topological polar surface area (TPSA) is 40.6 Å². The van der Waals surface area contributed by atoms with E-state index >= 15 is 0 Å². The molecule has 1 fully saturated rings. The summed E-state index contributed by atoms with van der Waals surface area (Å²) in [6, 6.07) is 15.6. The van der Waals surface area contributed by atoms with Gasteiger partial charge in [-0.15, -0.1) is 0 Å². The van der Waals surface area contributed by atoms with Crippen LogP contribution in [-0.2, 0) is 11.2 Å². The Labute approximate surface area is 149 Å². The number of nitrogens with zero attached hydrogens (tertiary/aromatic N) is 2. The van der Waals surface area contributed by atoms with Crippen molar-refractivity contribution in [1.29, 1.82) is 0 Å². The smallest absolute Gasteiger partial charge is 0.253 e. The maximum absolute atomic E-state index is 12.6. The molecule has 0 saturated carbocycles. The fraction of sp³-hybridized carbons (Fsp3) is 0.333. The zero-order valence-corrected chi connectivity index (χ0v) is 14.9. The van der Waals surface area contributed by atoms with E-state index in [1.807, 2.05) is 72.2 Å². The van der Waals surface area contributed by atoms with Crippen LogP contribution in [0.15, 0.2) is 48.5 Å². The van der Waals surface area contributed by atoms with E-state index in [1.54, 1.807) is 0 Å². The molecule has 0 spiro atoms. The highest BCUT2D eigenvalue weighted by atomic mass is 16.2. The third-order valence-corrected chi connectivity index (χ3v) is 4.79. The van der Waals surface area contributed by atoms with Crippen LogP contribution in [-0.4, -0.2) is 47.8 Å². The molecule has 2 aromatic rings. The van der Waals surface area contributed by atoms with Gasteiger partial charge in [0.15, 0.2) is 0 Å². The van der Waals surface area contributed by atoms with Gasteiger partial charge in [-0.2, -0.15) is 0 Å². The SMILES string of the molecule is Cc1cccc(C(=O)N2CCN(C(=O)Cc3ccccc3C)CC2)c1. The highest BCUT2D eigenvalue weighted by molar-refractivity contribution is 5.94. The molecule has 1 saturated heterocycles. The number of carbonyl (C=O) groups is 2. The quantitative estimate of drug-likeness (QED) is 0.865. The van der Waals surface area contributed by atoms with E-state index in [4.69, 9.17) is 0 Å². The summed E-state index contributed by atoms with van der Waals surface area (Å²) < 4.78 is 0. The molecule has 2 aromatic carbocycles. The summed E-state index contributed by atoms with van der Waals surface area (Å²) in [6.07, 6.45) is 0.429. The van der Waals surface area contributed by atoms with Crippen LogP contribution in [0.2, 0.25) is 0 Å². The molecule has 4 nitrogen and oxygen atoms in total. The number of hydrogen-bond donors (Lipinski definition) is 0. The maximum atomic E-state index is 12.6. The number of amides is 2. The lowest BCUT2D eigenvalue weighted by Gasteiger charge is -2.35. The molecule has 25 heavy (non-hydrogen) atoms. The zero-order valence-electron chi connectivity index (χ0n) is 14.9. The van der Waals surface area contributed by atoms with E-state index in [1.165, 1.54) is 0 Å². The van der Waals surface area contributed by atoms with Gasteiger partial charge in [-0.05, 0) is 37.1 Å². The molecule has 4 heteroatoms. The number of aryl methyl sites for hydroxylation is 2. The second-order valence-electron chi connectivity index (χ2n) is 6.65. The number of rotatable bonds is 3. The largest absolute Gasteiger partial charge is 0.339 e. The fourth-order valence-electron chi connectivity index (χ4n) is 3.20. The molecule has 0 unspecified atom stereocenters. The van der Waals surface area contributed by atoms with Crippen LogP contribution in [0.25, 0.3) is 0 Å². The Hall–Kier alpha value is -2.62. The number of benzene rings is 2. The van der Waals surface area contributed by atoms with Crippen LogP contribution in [0.3, 0.4) is 0 Å². The highest BCUT2D eigenvalue weighted by Gasteiger charge is 2.25. The minimum absolute atomic E-state index is 0.0507. The van der Waals surface area contributed by atoms with Crippen LogP contribution in [0.5, 0.6) is 0 Å². The molecule has 2 amide bonds. The minimum Gasteiger partial charge on any atom is -0.339 e. The van der Waals surface area contributed by atoms with Gasteiger partial charge in [-0.1, -0.05) is 42.0 Å². The molecule has 0 N–H and O–H groups in total. The van der Waals surface area contributed by atoms with Gasteiger partial charge in [0.1, 0.15) is 0 Å². The zero-order chi connectivity index (χ0) is 17.8. The van der Waals surface area contributed by atoms with Gasteiger partial charge in [-0.25, -0.2) is 0 Å². The first-order valence-electron chi connectivity index (χ1n) is 8.73. The van der Waals surface area contributed by atoms with Crippen molar-refractivity contribution in [3.05, 3.63) is 70.8 Å². The average Bonchev–Trinajstić information content (AvgIpc) is 2.63. The standard InChI is InChI=1S/C21H24N2O2/c1-16-6-5-9-19(14-16)21(25)23-12-10-22(11-13-23)20(24)15-18-8-4-3-7-17(18)2/h3-9,14H,10-13,15H2,1-2H3. The van der Waals surface area contributed by atoms with Crippen molar-refractivity contribution in [3.8, 4) is 0 Å². The summed E-state index contributed by atoms with van der Waals surface area (Å²) in [5.74, 6) is 0.187. The second-order valence-corrected chi connectivity index (χ2v) is 6.65. The van der Waals surface area contributed by atoms with Crippen molar-refractivity contribution in [2.45, 2.75) is 20.3 Å². The number of piperazine rings is 1. The molecule has 1 aliphatic rings. The van der Waals surface area contributed by atoms with E-state index < -0.39 is 0 Å². The minimum atomic E-state index is 0.0507. The van der Waals surface area contributed by atoms with Crippen molar-refractivity contribution in [3.63, 3.8) is 0 Å². The normalized spacial score (nSPS) is 14.5. The van der Waals surface area contributed by atoms with Crippen molar-refractivity contribution in [2.24, 2.45) is 0 Å². The molecule has 0 atom stereocenters. The monoisotopic (exact) mass is 336 g/mol. The van der Waals surface area contributed by atoms with Crippen molar-refractivity contribution < 1.29 is 9.59 Å². The molecule has 0 aliphatic carbocycles. The van der Waals surface area contributed by atoms with Crippen LogP contribution < -0.4 is 0 Å². The van der Waals surface area contributed by atoms with Crippen LogP contribution in [0.1, 0.15) is 27.0 Å². The van der Waals surface area contributed by atoms with E-state index in [9.17, 15) is 9.59 Å². The lowest BCUT2D eigenvalue weighted by molar-refractivity contribution is -0.131. The summed E-state index contributed by atoms with van der Waals surface area (Å²) in [7, 11) is 0. The summed E-state index contributed by atoms with van der Waals surface area (Å²) in [5.41, 5.74) is 4.02. The Morgan fingerprint density at radius 2 is 1.56 bits per heavy atom.